The molecule has 0 heterocycles. The molecular weight excluding hydrogens is 352 g/mol. The van der Waals surface area contributed by atoms with Gasteiger partial charge >= 0.3 is 5.97 Å². The number of aromatic carboxylic acids is 1. The fraction of sp³-hybridized carbons (Fsp3) is 0.625. The Balaban J connectivity index is 1.73. The van der Waals surface area contributed by atoms with Gasteiger partial charge in [-0.3, -0.25) is 0 Å². The first-order valence-electron chi connectivity index (χ1n) is 10.7. The maximum Gasteiger partial charge on any atom is 0.335 e. The summed E-state index contributed by atoms with van der Waals surface area (Å²) in [5.74, 6) is -0.544. The summed E-state index contributed by atoms with van der Waals surface area (Å²) < 4.78 is 13.3. The minimum atomic E-state index is -0.878. The first-order valence-corrected chi connectivity index (χ1v) is 10.7. The molecule has 2 aliphatic rings. The van der Waals surface area contributed by atoms with Crippen LogP contribution in [0.15, 0.2) is 36.4 Å². The fourth-order valence-corrected chi connectivity index (χ4v) is 4.42. The second-order valence-electron chi connectivity index (χ2n) is 8.77. The van der Waals surface area contributed by atoms with Crippen molar-refractivity contribution in [1.29, 1.82) is 0 Å². The SMILES string of the molecule is CCC(C)OC1(OC2(C)C=CCC2C)CCC(c2ccc(C(=O)O)cc2)CC1. The quantitative estimate of drug-likeness (QED) is 0.466. The Morgan fingerprint density at radius 3 is 2.39 bits per heavy atom. The third kappa shape index (κ3) is 4.49. The molecule has 4 heteroatoms. The molecule has 3 rings (SSSR count). The van der Waals surface area contributed by atoms with Gasteiger partial charge in [0.1, 0.15) is 0 Å². The minimum Gasteiger partial charge on any atom is -0.478 e. The molecular formula is C24H34O4. The minimum absolute atomic E-state index is 0.163. The summed E-state index contributed by atoms with van der Waals surface area (Å²) in [4.78, 5) is 11.1. The van der Waals surface area contributed by atoms with Gasteiger partial charge in [-0.25, -0.2) is 4.79 Å². The van der Waals surface area contributed by atoms with Crippen molar-refractivity contribution < 1.29 is 19.4 Å². The lowest BCUT2D eigenvalue weighted by atomic mass is 9.80. The van der Waals surface area contributed by atoms with Gasteiger partial charge in [0, 0.05) is 12.8 Å². The molecule has 1 saturated carbocycles. The Morgan fingerprint density at radius 1 is 1.25 bits per heavy atom. The Hall–Kier alpha value is -1.65. The van der Waals surface area contributed by atoms with Crippen molar-refractivity contribution in [3.8, 4) is 0 Å². The van der Waals surface area contributed by atoms with Gasteiger partial charge < -0.3 is 14.6 Å². The first-order chi connectivity index (χ1) is 13.3. The van der Waals surface area contributed by atoms with Gasteiger partial charge in [0.25, 0.3) is 0 Å². The van der Waals surface area contributed by atoms with E-state index in [1.54, 1.807) is 12.1 Å². The van der Waals surface area contributed by atoms with E-state index in [1.807, 2.05) is 12.1 Å². The lowest BCUT2D eigenvalue weighted by molar-refractivity contribution is -0.310. The molecule has 0 spiro atoms. The number of carbonyl (C=O) groups is 1. The molecule has 3 unspecified atom stereocenters. The van der Waals surface area contributed by atoms with Crippen molar-refractivity contribution in [1.82, 2.24) is 0 Å². The Labute approximate surface area is 168 Å². The molecule has 1 aromatic carbocycles. The maximum absolute atomic E-state index is 11.1. The van der Waals surface area contributed by atoms with E-state index in [0.29, 0.717) is 17.4 Å². The van der Waals surface area contributed by atoms with Crippen LogP contribution >= 0.6 is 0 Å². The molecule has 0 bridgehead atoms. The summed E-state index contributed by atoms with van der Waals surface area (Å²) in [6.07, 6.45) is 10.3. The maximum atomic E-state index is 11.1. The largest absolute Gasteiger partial charge is 0.478 e. The van der Waals surface area contributed by atoms with E-state index in [4.69, 9.17) is 14.6 Å². The van der Waals surface area contributed by atoms with Crippen LogP contribution in [0.2, 0.25) is 0 Å². The number of hydrogen-bond acceptors (Lipinski definition) is 3. The van der Waals surface area contributed by atoms with Crippen LogP contribution in [0.4, 0.5) is 0 Å². The van der Waals surface area contributed by atoms with Crippen LogP contribution in [-0.2, 0) is 9.47 Å². The summed E-state index contributed by atoms with van der Waals surface area (Å²) in [7, 11) is 0. The average Bonchev–Trinajstić information content (AvgIpc) is 3.00. The highest BCUT2D eigenvalue weighted by atomic mass is 16.7. The lowest BCUT2D eigenvalue weighted by Crippen LogP contribution is -2.49. The van der Waals surface area contributed by atoms with Crippen LogP contribution < -0.4 is 0 Å². The van der Waals surface area contributed by atoms with Crippen LogP contribution in [0.5, 0.6) is 0 Å². The number of allylic oxidation sites excluding steroid dienone is 1. The van der Waals surface area contributed by atoms with Gasteiger partial charge in [-0.2, -0.15) is 0 Å². The van der Waals surface area contributed by atoms with E-state index in [9.17, 15) is 4.79 Å². The van der Waals surface area contributed by atoms with Crippen molar-refractivity contribution in [2.24, 2.45) is 5.92 Å². The van der Waals surface area contributed by atoms with Crippen LogP contribution in [0.3, 0.4) is 0 Å². The molecule has 0 aromatic heterocycles. The van der Waals surface area contributed by atoms with E-state index < -0.39 is 11.8 Å². The van der Waals surface area contributed by atoms with Gasteiger partial charge in [0.05, 0.1) is 17.3 Å². The molecule has 0 aliphatic heterocycles. The smallest absolute Gasteiger partial charge is 0.335 e. The van der Waals surface area contributed by atoms with Gasteiger partial charge in [-0.15, -0.1) is 0 Å². The highest BCUT2D eigenvalue weighted by Gasteiger charge is 2.46. The van der Waals surface area contributed by atoms with E-state index >= 15 is 0 Å². The fourth-order valence-electron chi connectivity index (χ4n) is 4.42. The van der Waals surface area contributed by atoms with Crippen molar-refractivity contribution in [2.75, 3.05) is 0 Å². The molecule has 1 aromatic rings. The second-order valence-corrected chi connectivity index (χ2v) is 8.77. The van der Waals surface area contributed by atoms with Gasteiger partial charge in [0.15, 0.2) is 5.79 Å². The first kappa shape index (κ1) is 21.1. The zero-order chi connectivity index (χ0) is 20.4. The molecule has 1 fully saturated rings. The summed E-state index contributed by atoms with van der Waals surface area (Å²) in [6, 6.07) is 7.33. The number of ether oxygens (including phenoxy) is 2. The van der Waals surface area contributed by atoms with E-state index in [-0.39, 0.29) is 11.7 Å². The predicted molar refractivity (Wildman–Crippen MR) is 111 cm³/mol. The van der Waals surface area contributed by atoms with Crippen molar-refractivity contribution in [3.63, 3.8) is 0 Å². The zero-order valence-electron chi connectivity index (χ0n) is 17.6. The molecule has 0 saturated heterocycles. The summed E-state index contributed by atoms with van der Waals surface area (Å²) in [5.41, 5.74) is 1.28. The second kappa shape index (κ2) is 8.38. The zero-order valence-corrected chi connectivity index (χ0v) is 17.6. The van der Waals surface area contributed by atoms with Crippen molar-refractivity contribution >= 4 is 5.97 Å². The molecule has 2 aliphatic carbocycles. The highest BCUT2D eigenvalue weighted by molar-refractivity contribution is 5.87. The monoisotopic (exact) mass is 386 g/mol. The molecule has 0 amide bonds. The van der Waals surface area contributed by atoms with Gasteiger partial charge in [0.2, 0.25) is 0 Å². The molecule has 28 heavy (non-hydrogen) atoms. The predicted octanol–water partition coefficient (Wildman–Crippen LogP) is 5.93. The topological polar surface area (TPSA) is 55.8 Å². The van der Waals surface area contributed by atoms with Crippen molar-refractivity contribution in [3.05, 3.63) is 47.5 Å². The lowest BCUT2D eigenvalue weighted by Gasteiger charge is -2.46. The normalized spacial score (nSPS) is 33.7. The van der Waals surface area contributed by atoms with E-state index in [2.05, 4.69) is 39.8 Å². The molecule has 1 N–H and O–H groups in total. The van der Waals surface area contributed by atoms with Gasteiger partial charge in [-0.05, 0) is 69.1 Å². The average molecular weight is 387 g/mol. The Morgan fingerprint density at radius 2 is 1.89 bits per heavy atom. The van der Waals surface area contributed by atoms with Crippen molar-refractivity contribution in [2.45, 2.75) is 89.6 Å². The summed E-state index contributed by atoms with van der Waals surface area (Å²) in [6.45, 7) is 8.69. The van der Waals surface area contributed by atoms with Crippen LogP contribution in [0.1, 0.15) is 88.1 Å². The van der Waals surface area contributed by atoms with Crippen LogP contribution in [0, 0.1) is 5.92 Å². The number of hydrogen-bond donors (Lipinski definition) is 1. The van der Waals surface area contributed by atoms with Crippen LogP contribution in [0.25, 0.3) is 0 Å². The third-order valence-corrected chi connectivity index (χ3v) is 6.69. The Kier molecular flexibility index (Phi) is 6.31. The number of benzene rings is 1. The standard InChI is InChI=1S/C24H34O4/c1-5-18(3)27-24(28-23(4)14-6-7-17(23)2)15-12-20(13-16-24)19-8-10-21(11-9-19)22(25)26/h6,8-11,14,17-18,20H,5,7,12-13,15-16H2,1-4H3,(H,25,26). The van der Waals surface area contributed by atoms with Gasteiger partial charge in [-0.1, -0.05) is 38.1 Å². The number of carboxylic acids is 1. The molecule has 154 valence electrons. The number of rotatable bonds is 7. The van der Waals surface area contributed by atoms with E-state index in [1.165, 1.54) is 5.56 Å². The van der Waals surface area contributed by atoms with E-state index in [0.717, 1.165) is 38.5 Å². The molecule has 0 radical (unpaired) electrons. The molecule has 3 atom stereocenters. The highest BCUT2D eigenvalue weighted by Crippen LogP contribution is 2.46. The number of carboxylic acid groups (broad SMARTS) is 1. The third-order valence-electron chi connectivity index (χ3n) is 6.69. The summed E-state index contributed by atoms with van der Waals surface area (Å²) in [5, 5.41) is 9.10. The molecule has 4 nitrogen and oxygen atoms in total. The Bertz CT molecular complexity index is 700. The summed E-state index contributed by atoms with van der Waals surface area (Å²) >= 11 is 0. The van der Waals surface area contributed by atoms with Crippen LogP contribution in [-0.4, -0.2) is 28.6 Å².